The monoisotopic (exact) mass is 330 g/mol. The van der Waals surface area contributed by atoms with Crippen molar-refractivity contribution in [2.45, 2.75) is 97.2 Å². The van der Waals surface area contributed by atoms with Crippen LogP contribution in [-0.4, -0.2) is 11.2 Å². The van der Waals surface area contributed by atoms with Crippen LogP contribution in [0.2, 0.25) is 0 Å². The molecule has 2 aliphatic rings. The van der Waals surface area contributed by atoms with E-state index in [1.165, 1.54) is 32.1 Å². The Labute approximate surface area is 148 Å². The van der Waals surface area contributed by atoms with E-state index in [9.17, 15) is 10.5 Å². The standard InChI is InChI=1S/C21H34N2O/c1-6-19(4,7-2)24-21(14-22,15-23)20(5,8-3)18-13-16-10-9-11-17(18)12-16/h16-18H,6-13H2,1-5H3. The summed E-state index contributed by atoms with van der Waals surface area (Å²) in [5.74, 6) is 1.87. The molecule has 0 amide bonds. The van der Waals surface area contributed by atoms with Gasteiger partial charge in [0.05, 0.1) is 5.60 Å². The van der Waals surface area contributed by atoms with E-state index in [4.69, 9.17) is 4.74 Å². The van der Waals surface area contributed by atoms with Crippen LogP contribution in [0, 0.1) is 45.8 Å². The van der Waals surface area contributed by atoms with Crippen LogP contribution < -0.4 is 0 Å². The van der Waals surface area contributed by atoms with Gasteiger partial charge < -0.3 is 4.74 Å². The maximum atomic E-state index is 10.1. The first-order chi connectivity index (χ1) is 11.3. The van der Waals surface area contributed by atoms with Gasteiger partial charge in [-0.3, -0.25) is 0 Å². The van der Waals surface area contributed by atoms with Gasteiger partial charge in [0.25, 0.3) is 0 Å². The highest BCUT2D eigenvalue weighted by Gasteiger charge is 2.59. The number of hydrogen-bond acceptors (Lipinski definition) is 3. The summed E-state index contributed by atoms with van der Waals surface area (Å²) < 4.78 is 6.42. The van der Waals surface area contributed by atoms with E-state index in [-0.39, 0.29) is 0 Å². The number of nitriles is 2. The van der Waals surface area contributed by atoms with Gasteiger partial charge in [0, 0.05) is 5.41 Å². The predicted octanol–water partition coefficient (Wildman–Crippen LogP) is 5.61. The Bertz CT molecular complexity index is 511. The summed E-state index contributed by atoms with van der Waals surface area (Å²) in [6, 6.07) is 4.71. The van der Waals surface area contributed by atoms with Gasteiger partial charge >= 0.3 is 0 Å². The molecule has 0 aromatic rings. The molecular formula is C21H34N2O. The van der Waals surface area contributed by atoms with Crippen molar-refractivity contribution < 1.29 is 4.74 Å². The molecule has 24 heavy (non-hydrogen) atoms. The Morgan fingerprint density at radius 3 is 2.04 bits per heavy atom. The molecule has 2 saturated carbocycles. The fraction of sp³-hybridized carbons (Fsp3) is 0.905. The second kappa shape index (κ2) is 7.05. The number of hydrogen-bond donors (Lipinski definition) is 0. The molecule has 2 rings (SSSR count). The predicted molar refractivity (Wildman–Crippen MR) is 96.0 cm³/mol. The smallest absolute Gasteiger partial charge is 0.247 e. The average Bonchev–Trinajstić information content (AvgIpc) is 2.92. The normalized spacial score (nSPS) is 29.5. The van der Waals surface area contributed by atoms with E-state index in [1.54, 1.807) is 0 Å². The van der Waals surface area contributed by atoms with E-state index in [1.807, 2.05) is 6.92 Å². The molecule has 2 fully saturated rings. The summed E-state index contributed by atoms with van der Waals surface area (Å²) in [6.07, 6.45) is 8.76. The zero-order valence-electron chi connectivity index (χ0n) is 16.2. The fourth-order valence-electron chi connectivity index (χ4n) is 5.22. The van der Waals surface area contributed by atoms with Gasteiger partial charge in [-0.05, 0) is 56.8 Å². The van der Waals surface area contributed by atoms with E-state index >= 15 is 0 Å². The van der Waals surface area contributed by atoms with Crippen molar-refractivity contribution in [3.8, 4) is 12.1 Å². The number of ether oxygens (including phenoxy) is 1. The lowest BCUT2D eigenvalue weighted by Gasteiger charge is -2.48. The first kappa shape index (κ1) is 19.3. The summed E-state index contributed by atoms with van der Waals surface area (Å²) in [5, 5.41) is 20.2. The van der Waals surface area contributed by atoms with Gasteiger partial charge in [-0.1, -0.05) is 47.0 Å². The molecule has 3 nitrogen and oxygen atoms in total. The number of fused-ring (bicyclic) bond motifs is 2. The maximum Gasteiger partial charge on any atom is 0.247 e. The zero-order valence-corrected chi connectivity index (χ0v) is 16.2. The van der Waals surface area contributed by atoms with E-state index in [0.29, 0.717) is 11.8 Å². The van der Waals surface area contributed by atoms with Crippen molar-refractivity contribution in [2.75, 3.05) is 0 Å². The van der Waals surface area contributed by atoms with Gasteiger partial charge in [-0.2, -0.15) is 10.5 Å². The van der Waals surface area contributed by atoms with Crippen LogP contribution in [0.15, 0.2) is 0 Å². The van der Waals surface area contributed by atoms with E-state index in [0.717, 1.165) is 25.2 Å². The van der Waals surface area contributed by atoms with Crippen LogP contribution in [-0.2, 0) is 4.74 Å². The third-order valence-electron chi connectivity index (χ3n) is 7.55. The molecule has 0 aromatic heterocycles. The van der Waals surface area contributed by atoms with Crippen molar-refractivity contribution in [3.63, 3.8) is 0 Å². The van der Waals surface area contributed by atoms with E-state index < -0.39 is 16.6 Å². The Morgan fingerprint density at radius 2 is 1.58 bits per heavy atom. The lowest BCUT2D eigenvalue weighted by atomic mass is 9.60. The molecule has 4 unspecified atom stereocenters. The largest absolute Gasteiger partial charge is 0.341 e. The highest BCUT2D eigenvalue weighted by atomic mass is 16.5. The summed E-state index contributed by atoms with van der Waals surface area (Å²) in [6.45, 7) is 10.5. The minimum absolute atomic E-state index is 0.411. The fourth-order valence-corrected chi connectivity index (χ4v) is 5.22. The van der Waals surface area contributed by atoms with Gasteiger partial charge in [-0.15, -0.1) is 0 Å². The quantitative estimate of drug-likeness (QED) is 0.609. The lowest BCUT2D eigenvalue weighted by molar-refractivity contribution is -0.167. The molecule has 0 aliphatic heterocycles. The van der Waals surface area contributed by atoms with E-state index in [2.05, 4.69) is 39.8 Å². The van der Waals surface area contributed by atoms with Crippen molar-refractivity contribution >= 4 is 0 Å². The van der Waals surface area contributed by atoms with Crippen LogP contribution in [0.1, 0.15) is 86.0 Å². The molecule has 2 bridgehead atoms. The van der Waals surface area contributed by atoms with Crippen LogP contribution >= 0.6 is 0 Å². The minimum atomic E-state index is -1.36. The number of nitrogens with zero attached hydrogens (tertiary/aromatic N) is 2. The summed E-state index contributed by atoms with van der Waals surface area (Å²) in [5.41, 5.74) is -2.19. The molecule has 0 saturated heterocycles. The van der Waals surface area contributed by atoms with Crippen LogP contribution in [0.3, 0.4) is 0 Å². The van der Waals surface area contributed by atoms with Crippen molar-refractivity contribution in [2.24, 2.45) is 23.2 Å². The number of rotatable bonds is 7. The average molecular weight is 331 g/mol. The second-order valence-electron chi connectivity index (χ2n) is 8.57. The lowest BCUT2D eigenvalue weighted by Crippen LogP contribution is -2.55. The van der Waals surface area contributed by atoms with Crippen LogP contribution in [0.25, 0.3) is 0 Å². The Balaban J connectivity index is 2.43. The Kier molecular flexibility index (Phi) is 5.66. The molecule has 134 valence electrons. The SMILES string of the molecule is CCC(C)(CC)OC(C#N)(C#N)C(C)(CC)C1CC2CCCC1C2. The highest BCUT2D eigenvalue weighted by Crippen LogP contribution is 2.58. The molecule has 0 aromatic carbocycles. The molecule has 0 heterocycles. The first-order valence-electron chi connectivity index (χ1n) is 9.86. The van der Waals surface area contributed by atoms with Gasteiger partial charge in [0.15, 0.2) is 0 Å². The minimum Gasteiger partial charge on any atom is -0.341 e. The summed E-state index contributed by atoms with van der Waals surface area (Å²) in [7, 11) is 0. The van der Waals surface area contributed by atoms with Gasteiger partial charge in [0.1, 0.15) is 12.1 Å². The Hall–Kier alpha value is -1.06. The molecule has 0 N–H and O–H groups in total. The molecule has 4 atom stereocenters. The third kappa shape index (κ3) is 2.97. The molecule has 0 radical (unpaired) electrons. The second-order valence-corrected chi connectivity index (χ2v) is 8.57. The van der Waals surface area contributed by atoms with Crippen molar-refractivity contribution in [1.29, 1.82) is 10.5 Å². The van der Waals surface area contributed by atoms with Gasteiger partial charge in [0.2, 0.25) is 5.60 Å². The van der Waals surface area contributed by atoms with Crippen LogP contribution in [0.4, 0.5) is 0 Å². The molecule has 0 spiro atoms. The topological polar surface area (TPSA) is 56.8 Å². The molecule has 3 heteroatoms. The molecule has 2 aliphatic carbocycles. The Morgan fingerprint density at radius 1 is 0.958 bits per heavy atom. The summed E-state index contributed by atoms with van der Waals surface area (Å²) >= 11 is 0. The highest BCUT2D eigenvalue weighted by molar-refractivity contribution is 5.27. The summed E-state index contributed by atoms with van der Waals surface area (Å²) in [4.78, 5) is 0. The van der Waals surface area contributed by atoms with Crippen molar-refractivity contribution in [3.05, 3.63) is 0 Å². The first-order valence-corrected chi connectivity index (χ1v) is 9.86. The third-order valence-corrected chi connectivity index (χ3v) is 7.55. The maximum absolute atomic E-state index is 10.1. The molecular weight excluding hydrogens is 296 g/mol. The van der Waals surface area contributed by atoms with Crippen LogP contribution in [0.5, 0.6) is 0 Å². The zero-order chi connectivity index (χ0) is 18.0. The van der Waals surface area contributed by atoms with Gasteiger partial charge in [-0.25, -0.2) is 0 Å². The van der Waals surface area contributed by atoms with Crippen molar-refractivity contribution in [1.82, 2.24) is 0 Å².